The van der Waals surface area contributed by atoms with Crippen LogP contribution in [0.25, 0.3) is 0 Å². The number of aromatic nitrogens is 2. The van der Waals surface area contributed by atoms with Crippen molar-refractivity contribution in [2.75, 3.05) is 11.4 Å². The molecule has 0 saturated carbocycles. The van der Waals surface area contributed by atoms with Crippen LogP contribution in [0.15, 0.2) is 72.8 Å². The molecular weight excluding hydrogens is 499 g/mol. The fourth-order valence-electron chi connectivity index (χ4n) is 3.85. The van der Waals surface area contributed by atoms with E-state index in [2.05, 4.69) is 8.75 Å². The Balaban J connectivity index is 1.73. The molecule has 0 saturated heterocycles. The van der Waals surface area contributed by atoms with Gasteiger partial charge in [0.1, 0.15) is 11.5 Å². The summed E-state index contributed by atoms with van der Waals surface area (Å²) in [6.45, 7) is 3.68. The van der Waals surface area contributed by atoms with Crippen molar-refractivity contribution in [3.8, 4) is 0 Å². The second kappa shape index (κ2) is 11.1. The van der Waals surface area contributed by atoms with Gasteiger partial charge in [-0.2, -0.15) is 8.75 Å². The number of hydrogen-bond donors (Lipinski definition) is 1. The molecule has 4 aromatic rings. The van der Waals surface area contributed by atoms with Crippen LogP contribution in [0.1, 0.15) is 45.7 Å². The molecule has 3 aromatic carbocycles. The van der Waals surface area contributed by atoms with Gasteiger partial charge in [-0.25, -0.2) is 12.9 Å². The van der Waals surface area contributed by atoms with Gasteiger partial charge in [0, 0.05) is 13.5 Å². The van der Waals surface area contributed by atoms with Crippen LogP contribution in [0, 0.1) is 12.7 Å². The Kier molecular flexibility index (Phi) is 7.88. The zero-order chi connectivity index (χ0) is 25.8. The molecular formula is C26H25FN4O3S2. The zero-order valence-corrected chi connectivity index (χ0v) is 21.6. The molecule has 1 amide bonds. The number of halogens is 1. The summed E-state index contributed by atoms with van der Waals surface area (Å²) in [5.41, 5.74) is 3.56. The highest BCUT2D eigenvalue weighted by atomic mass is 32.2. The molecule has 1 N–H and O–H groups in total. The maximum atomic E-state index is 13.6. The van der Waals surface area contributed by atoms with Gasteiger partial charge in [0.05, 0.1) is 29.0 Å². The summed E-state index contributed by atoms with van der Waals surface area (Å²) >= 11 is -1.58. The molecule has 1 heterocycles. The van der Waals surface area contributed by atoms with Gasteiger partial charge in [0.2, 0.25) is 0 Å². The Morgan fingerprint density at radius 3 is 2.44 bits per heavy atom. The van der Waals surface area contributed by atoms with Gasteiger partial charge in [0.25, 0.3) is 17.2 Å². The first-order valence-electron chi connectivity index (χ1n) is 11.2. The van der Waals surface area contributed by atoms with Crippen LogP contribution in [-0.2, 0) is 17.7 Å². The lowest BCUT2D eigenvalue weighted by Crippen LogP contribution is -2.32. The first kappa shape index (κ1) is 25.6. The number of aryl methyl sites for hydroxylation is 1. The molecule has 0 aliphatic heterocycles. The summed E-state index contributed by atoms with van der Waals surface area (Å²) in [6.07, 6.45) is 0.414. The van der Waals surface area contributed by atoms with Crippen molar-refractivity contribution >= 4 is 40.4 Å². The molecule has 0 bridgehead atoms. The van der Waals surface area contributed by atoms with Gasteiger partial charge < -0.3 is 4.90 Å². The van der Waals surface area contributed by atoms with Gasteiger partial charge >= 0.3 is 0 Å². The van der Waals surface area contributed by atoms with Crippen LogP contribution in [-0.4, -0.2) is 35.4 Å². The zero-order valence-electron chi connectivity index (χ0n) is 20.0. The molecule has 0 aliphatic carbocycles. The Hall–Kier alpha value is -3.47. The van der Waals surface area contributed by atoms with E-state index >= 15 is 0 Å². The number of nitrogens with zero attached hydrogens (tertiary/aromatic N) is 4. The summed E-state index contributed by atoms with van der Waals surface area (Å²) in [5, 5.41) is 0. The predicted molar refractivity (Wildman–Crippen MR) is 140 cm³/mol. The van der Waals surface area contributed by atoms with E-state index in [1.54, 1.807) is 37.4 Å². The number of amides is 1. The number of carbonyl (C=O) groups excluding carboxylic acids is 1. The molecule has 7 nitrogen and oxygen atoms in total. The van der Waals surface area contributed by atoms with E-state index in [1.807, 2.05) is 44.2 Å². The third kappa shape index (κ3) is 5.51. The summed E-state index contributed by atoms with van der Waals surface area (Å²) in [4.78, 5) is 15.2. The standard InChI is InChI=1S/C26H25FN4O3S2/c1-17-9-14-22(26(32)30(3)18(2)20-10-12-21(27)13-11-20)24(15-17)31(36(33)34)25-23(28-35-29-25)16-19-7-5-4-6-8-19/h4-15,18H,16H2,1-3H3,(H,33,34). The van der Waals surface area contributed by atoms with Crippen molar-refractivity contribution in [3.05, 3.63) is 107 Å². The SMILES string of the molecule is Cc1ccc(C(=O)N(C)C(C)c2ccc(F)cc2)c(N(c2nsnc2Cc2ccccc2)S(=O)O)c1. The third-order valence-electron chi connectivity index (χ3n) is 5.96. The van der Waals surface area contributed by atoms with Crippen molar-refractivity contribution in [2.45, 2.75) is 26.3 Å². The van der Waals surface area contributed by atoms with Crippen LogP contribution in [0.3, 0.4) is 0 Å². The monoisotopic (exact) mass is 524 g/mol. The fraction of sp³-hybridized carbons (Fsp3) is 0.192. The molecule has 10 heteroatoms. The Labute approximate surface area is 216 Å². The van der Waals surface area contributed by atoms with Crippen molar-refractivity contribution in [1.82, 2.24) is 13.6 Å². The van der Waals surface area contributed by atoms with E-state index in [0.717, 1.165) is 32.7 Å². The normalized spacial score (nSPS) is 12.7. The van der Waals surface area contributed by atoms with Gasteiger partial charge in [-0.05, 0) is 54.8 Å². The highest BCUT2D eigenvalue weighted by Crippen LogP contribution is 2.34. The van der Waals surface area contributed by atoms with Gasteiger partial charge in [0.15, 0.2) is 5.82 Å². The molecule has 2 atom stereocenters. The molecule has 0 spiro atoms. The summed E-state index contributed by atoms with van der Waals surface area (Å²) in [6, 6.07) is 20.3. The number of rotatable bonds is 8. The lowest BCUT2D eigenvalue weighted by Gasteiger charge is -2.28. The van der Waals surface area contributed by atoms with E-state index in [9.17, 15) is 17.9 Å². The number of anilines is 2. The van der Waals surface area contributed by atoms with Crippen LogP contribution < -0.4 is 4.31 Å². The first-order valence-corrected chi connectivity index (χ1v) is 13.0. The average molecular weight is 525 g/mol. The maximum Gasteiger partial charge on any atom is 0.268 e. The minimum atomic E-state index is -2.52. The highest BCUT2D eigenvalue weighted by molar-refractivity contribution is 7.81. The smallest absolute Gasteiger partial charge is 0.268 e. The Morgan fingerprint density at radius 1 is 1.08 bits per heavy atom. The summed E-state index contributed by atoms with van der Waals surface area (Å²) in [5.74, 6) is -0.492. The quantitative estimate of drug-likeness (QED) is 0.300. The minimum absolute atomic E-state index is 0.221. The molecule has 2 unspecified atom stereocenters. The molecule has 36 heavy (non-hydrogen) atoms. The minimum Gasteiger partial charge on any atom is -0.335 e. The lowest BCUT2D eigenvalue weighted by atomic mass is 10.0. The largest absolute Gasteiger partial charge is 0.335 e. The molecule has 0 fully saturated rings. The molecule has 186 valence electrons. The Bertz CT molecular complexity index is 1380. The van der Waals surface area contributed by atoms with Gasteiger partial charge in [-0.15, -0.1) is 0 Å². The number of carbonyl (C=O) groups is 1. The lowest BCUT2D eigenvalue weighted by molar-refractivity contribution is 0.0743. The molecule has 1 aromatic heterocycles. The van der Waals surface area contributed by atoms with E-state index in [4.69, 9.17) is 0 Å². The van der Waals surface area contributed by atoms with Crippen molar-refractivity contribution in [3.63, 3.8) is 0 Å². The van der Waals surface area contributed by atoms with Gasteiger partial charge in [-0.3, -0.25) is 9.35 Å². The second-order valence-electron chi connectivity index (χ2n) is 8.39. The Morgan fingerprint density at radius 2 is 1.78 bits per heavy atom. The van der Waals surface area contributed by atoms with Gasteiger partial charge in [-0.1, -0.05) is 48.5 Å². The van der Waals surface area contributed by atoms with Crippen LogP contribution in [0.2, 0.25) is 0 Å². The van der Waals surface area contributed by atoms with Crippen LogP contribution in [0.4, 0.5) is 15.9 Å². The molecule has 0 radical (unpaired) electrons. The predicted octanol–water partition coefficient (Wildman–Crippen LogP) is 5.68. The van der Waals surface area contributed by atoms with Crippen molar-refractivity contribution in [1.29, 1.82) is 0 Å². The fourth-order valence-corrected chi connectivity index (χ4v) is 5.07. The summed E-state index contributed by atoms with van der Waals surface area (Å²) in [7, 11) is 1.64. The van der Waals surface area contributed by atoms with E-state index in [1.165, 1.54) is 17.0 Å². The maximum absolute atomic E-state index is 13.6. The van der Waals surface area contributed by atoms with Crippen LogP contribution in [0.5, 0.6) is 0 Å². The van der Waals surface area contributed by atoms with Crippen molar-refractivity contribution in [2.24, 2.45) is 0 Å². The average Bonchev–Trinajstić information content (AvgIpc) is 3.31. The molecule has 0 aliphatic rings. The topological polar surface area (TPSA) is 86.6 Å². The number of benzene rings is 3. The first-order chi connectivity index (χ1) is 17.3. The van der Waals surface area contributed by atoms with E-state index < -0.39 is 11.3 Å². The van der Waals surface area contributed by atoms with E-state index in [0.29, 0.717) is 12.1 Å². The van der Waals surface area contributed by atoms with Crippen LogP contribution >= 0.6 is 11.7 Å². The second-order valence-corrected chi connectivity index (χ2v) is 9.74. The highest BCUT2D eigenvalue weighted by Gasteiger charge is 2.29. The third-order valence-corrected chi connectivity index (χ3v) is 7.19. The van der Waals surface area contributed by atoms with E-state index in [-0.39, 0.29) is 34.8 Å². The molecule has 4 rings (SSSR count). The van der Waals surface area contributed by atoms with Crippen molar-refractivity contribution < 1.29 is 17.9 Å². The number of hydrogen-bond acceptors (Lipinski definition) is 5. The summed E-state index contributed by atoms with van der Waals surface area (Å²) < 4.78 is 46.2.